The predicted octanol–water partition coefficient (Wildman–Crippen LogP) is 1.64. The Balaban J connectivity index is 0. The van der Waals surface area contributed by atoms with E-state index in [1.54, 1.807) is 0 Å². The third kappa shape index (κ3) is 22.7. The zero-order valence-corrected chi connectivity index (χ0v) is 7.94. The number of hydrogen-bond acceptors (Lipinski definition) is 3. The highest BCUT2D eigenvalue weighted by molar-refractivity contribution is 6.55. The van der Waals surface area contributed by atoms with Gasteiger partial charge in [0.2, 0.25) is 0 Å². The van der Waals surface area contributed by atoms with Crippen molar-refractivity contribution in [2.75, 3.05) is 13.2 Å². The van der Waals surface area contributed by atoms with Crippen LogP contribution in [-0.2, 0) is 9.53 Å². The maximum atomic E-state index is 10.1. The van der Waals surface area contributed by atoms with Crippen molar-refractivity contribution in [1.29, 1.82) is 0 Å². The summed E-state index contributed by atoms with van der Waals surface area (Å²) in [6, 6.07) is 0. The Labute approximate surface area is 81.2 Å². The van der Waals surface area contributed by atoms with Crippen LogP contribution in [0.4, 0.5) is 0 Å². The average molecular weight is 213 g/mol. The number of esters is 1. The second kappa shape index (κ2) is 10.5. The number of aliphatic hydroxyl groups is 1. The molecule has 0 rings (SSSR count). The van der Waals surface area contributed by atoms with E-state index in [-0.39, 0.29) is 17.7 Å². The van der Waals surface area contributed by atoms with Gasteiger partial charge in [-0.1, -0.05) is 36.4 Å². The molecular formula is C7H10Cl2O3. The van der Waals surface area contributed by atoms with Gasteiger partial charge in [-0.15, -0.1) is 0 Å². The van der Waals surface area contributed by atoms with Crippen LogP contribution in [-0.4, -0.2) is 24.3 Å². The molecule has 0 aliphatic rings. The van der Waals surface area contributed by atoms with Gasteiger partial charge in [0, 0.05) is 6.08 Å². The predicted molar refractivity (Wildman–Crippen MR) is 49.1 cm³/mol. The number of hydrogen-bond donors (Lipinski definition) is 1. The zero-order chi connectivity index (χ0) is 9.98. The Morgan fingerprint density at radius 1 is 1.58 bits per heavy atom. The lowest BCUT2D eigenvalue weighted by Gasteiger charge is -1.94. The van der Waals surface area contributed by atoms with E-state index in [1.807, 2.05) is 0 Å². The van der Waals surface area contributed by atoms with Gasteiger partial charge in [-0.2, -0.15) is 0 Å². The number of rotatable bonds is 3. The van der Waals surface area contributed by atoms with Crippen LogP contribution >= 0.6 is 23.2 Å². The normalized spacial score (nSPS) is 7.58. The summed E-state index contributed by atoms with van der Waals surface area (Å²) in [6.07, 6.45) is 1.05. The third-order valence-corrected chi connectivity index (χ3v) is 0.502. The molecule has 12 heavy (non-hydrogen) atoms. The second-order valence-electron chi connectivity index (χ2n) is 1.43. The van der Waals surface area contributed by atoms with Crippen LogP contribution in [0, 0.1) is 0 Å². The van der Waals surface area contributed by atoms with E-state index in [1.165, 1.54) is 0 Å². The van der Waals surface area contributed by atoms with E-state index < -0.39 is 5.97 Å². The fourth-order valence-electron chi connectivity index (χ4n) is 0.205. The topological polar surface area (TPSA) is 46.5 Å². The summed E-state index contributed by atoms with van der Waals surface area (Å²) in [5.74, 6) is -0.501. The van der Waals surface area contributed by atoms with E-state index in [2.05, 4.69) is 17.9 Å². The molecule has 0 fully saturated rings. The Kier molecular flexibility index (Phi) is 12.3. The summed E-state index contributed by atoms with van der Waals surface area (Å²) in [5, 5.41) is 8.10. The van der Waals surface area contributed by atoms with Gasteiger partial charge in [-0.3, -0.25) is 0 Å². The van der Waals surface area contributed by atoms with Crippen molar-refractivity contribution in [1.82, 2.24) is 0 Å². The molecule has 3 nitrogen and oxygen atoms in total. The number of carbonyl (C=O) groups is 1. The molecule has 0 aromatic carbocycles. The van der Waals surface area contributed by atoms with E-state index in [0.29, 0.717) is 0 Å². The van der Waals surface area contributed by atoms with Gasteiger partial charge >= 0.3 is 5.97 Å². The Hall–Kier alpha value is -0.510. The summed E-state index contributed by atoms with van der Waals surface area (Å²) in [6.45, 7) is 6.15. The maximum Gasteiger partial charge on any atom is 0.330 e. The number of carbonyl (C=O) groups excluding carboxylic acids is 1. The highest BCUT2D eigenvalue weighted by Gasteiger charge is 1.90. The van der Waals surface area contributed by atoms with Gasteiger partial charge in [0.15, 0.2) is 0 Å². The van der Waals surface area contributed by atoms with Crippen LogP contribution in [0.3, 0.4) is 0 Å². The molecule has 0 radical (unpaired) electrons. The Morgan fingerprint density at radius 2 is 2.00 bits per heavy atom. The molecule has 0 aliphatic heterocycles. The molecule has 0 bridgehead atoms. The van der Waals surface area contributed by atoms with Crippen LogP contribution in [0.15, 0.2) is 23.7 Å². The van der Waals surface area contributed by atoms with Crippen molar-refractivity contribution in [3.05, 3.63) is 23.7 Å². The maximum absolute atomic E-state index is 10.1. The number of halogens is 2. The van der Waals surface area contributed by atoms with Gasteiger partial charge in [-0.25, -0.2) is 4.79 Å². The first-order chi connectivity index (χ1) is 5.54. The lowest BCUT2D eigenvalue weighted by atomic mass is 10.6. The minimum Gasteiger partial charge on any atom is -0.460 e. The highest BCUT2D eigenvalue weighted by atomic mass is 35.5. The minimum atomic E-state index is -0.501. The first-order valence-corrected chi connectivity index (χ1v) is 3.70. The molecular weight excluding hydrogens is 203 g/mol. The van der Waals surface area contributed by atoms with Gasteiger partial charge in [0.05, 0.1) is 11.1 Å². The van der Waals surface area contributed by atoms with Crippen molar-refractivity contribution in [3.8, 4) is 0 Å². The standard InChI is InChI=1S/C5H8O3.C2H2Cl2/c1-2-5(7)8-4-3-6;1-2(3)4/h2,6H,1,3-4H2;1H2. The van der Waals surface area contributed by atoms with Crippen molar-refractivity contribution in [2.24, 2.45) is 0 Å². The minimum absolute atomic E-state index is 0.0465. The molecule has 70 valence electrons. The molecule has 0 atom stereocenters. The van der Waals surface area contributed by atoms with Gasteiger partial charge < -0.3 is 9.84 Å². The molecule has 0 saturated carbocycles. The molecule has 0 unspecified atom stereocenters. The van der Waals surface area contributed by atoms with E-state index in [0.717, 1.165) is 6.08 Å². The van der Waals surface area contributed by atoms with Crippen molar-refractivity contribution in [3.63, 3.8) is 0 Å². The first kappa shape index (κ1) is 14.0. The molecule has 0 amide bonds. The van der Waals surface area contributed by atoms with Gasteiger partial charge in [0.1, 0.15) is 6.61 Å². The average Bonchev–Trinajstić information content (AvgIpc) is 1.99. The van der Waals surface area contributed by atoms with Crippen LogP contribution in [0.1, 0.15) is 0 Å². The molecule has 0 heterocycles. The summed E-state index contributed by atoms with van der Waals surface area (Å²) in [4.78, 5) is 10.1. The summed E-state index contributed by atoms with van der Waals surface area (Å²) in [5.41, 5.74) is 0. The summed E-state index contributed by atoms with van der Waals surface area (Å²) < 4.78 is 4.44. The fraction of sp³-hybridized carbons (Fsp3) is 0.286. The summed E-state index contributed by atoms with van der Waals surface area (Å²) >= 11 is 9.69. The van der Waals surface area contributed by atoms with Crippen molar-refractivity contribution in [2.45, 2.75) is 0 Å². The number of ether oxygens (including phenoxy) is 1. The van der Waals surface area contributed by atoms with Gasteiger partial charge in [-0.05, 0) is 0 Å². The highest BCUT2D eigenvalue weighted by Crippen LogP contribution is 1.98. The first-order valence-electron chi connectivity index (χ1n) is 2.94. The lowest BCUT2D eigenvalue weighted by Crippen LogP contribution is -2.04. The van der Waals surface area contributed by atoms with E-state index in [4.69, 9.17) is 28.3 Å². The molecule has 0 spiro atoms. The molecule has 0 aromatic heterocycles. The Bertz CT molecular complexity index is 153. The molecule has 5 heteroatoms. The second-order valence-corrected chi connectivity index (χ2v) is 2.54. The molecule has 1 N–H and O–H groups in total. The van der Waals surface area contributed by atoms with Crippen LogP contribution in [0.2, 0.25) is 0 Å². The molecule has 0 saturated heterocycles. The summed E-state index contributed by atoms with van der Waals surface area (Å²) in [7, 11) is 0. The smallest absolute Gasteiger partial charge is 0.330 e. The molecule has 0 aliphatic carbocycles. The fourth-order valence-corrected chi connectivity index (χ4v) is 0.205. The number of aliphatic hydroxyl groups excluding tert-OH is 1. The monoisotopic (exact) mass is 212 g/mol. The lowest BCUT2D eigenvalue weighted by molar-refractivity contribution is -0.138. The van der Waals surface area contributed by atoms with Crippen molar-refractivity contribution >= 4 is 29.2 Å². The van der Waals surface area contributed by atoms with Gasteiger partial charge in [0.25, 0.3) is 0 Å². The molecule has 0 aromatic rings. The third-order valence-electron chi connectivity index (χ3n) is 0.502. The largest absolute Gasteiger partial charge is 0.460 e. The van der Waals surface area contributed by atoms with E-state index in [9.17, 15) is 4.79 Å². The van der Waals surface area contributed by atoms with Crippen LogP contribution < -0.4 is 0 Å². The van der Waals surface area contributed by atoms with Crippen LogP contribution in [0.25, 0.3) is 0 Å². The van der Waals surface area contributed by atoms with E-state index >= 15 is 0 Å². The SMILES string of the molecule is C=C(Cl)Cl.C=CC(=O)OCCO. The van der Waals surface area contributed by atoms with Crippen LogP contribution in [0.5, 0.6) is 0 Å². The Morgan fingerprint density at radius 3 is 2.25 bits per heavy atom. The zero-order valence-electron chi connectivity index (χ0n) is 6.43. The van der Waals surface area contributed by atoms with Crippen molar-refractivity contribution < 1.29 is 14.6 Å². The quantitative estimate of drug-likeness (QED) is 0.572.